The minimum Gasteiger partial charge on any atom is -0.378 e. The summed E-state index contributed by atoms with van der Waals surface area (Å²) in [5.41, 5.74) is 4.02. The van der Waals surface area contributed by atoms with Crippen LogP contribution >= 0.6 is 0 Å². The average molecular weight is 485 g/mol. The summed E-state index contributed by atoms with van der Waals surface area (Å²) in [5, 5.41) is 7.89. The highest BCUT2D eigenvalue weighted by atomic mass is 16.5. The molecule has 2 aliphatic heterocycles. The van der Waals surface area contributed by atoms with Crippen molar-refractivity contribution >= 4 is 23.5 Å². The molecule has 6 rings (SSSR count). The molecule has 0 amide bonds. The molecule has 36 heavy (non-hydrogen) atoms. The Hall–Kier alpha value is -4.02. The largest absolute Gasteiger partial charge is 0.378 e. The molecule has 0 radical (unpaired) electrons. The van der Waals surface area contributed by atoms with Crippen molar-refractivity contribution in [3.8, 4) is 16.9 Å². The van der Waals surface area contributed by atoms with Crippen LogP contribution in [0.1, 0.15) is 0 Å². The van der Waals surface area contributed by atoms with E-state index in [1.54, 1.807) is 0 Å². The van der Waals surface area contributed by atoms with Crippen LogP contribution in [0.15, 0.2) is 66.9 Å². The van der Waals surface area contributed by atoms with Crippen LogP contribution in [0.25, 0.3) is 16.9 Å². The van der Waals surface area contributed by atoms with E-state index in [1.807, 2.05) is 59.4 Å². The lowest BCUT2D eigenvalue weighted by atomic mass is 10.1. The number of nitrogens with one attached hydrogen (secondary N) is 1. The Balaban J connectivity index is 1.26. The van der Waals surface area contributed by atoms with Crippen LogP contribution in [-0.2, 0) is 9.47 Å². The molecule has 10 nitrogen and oxygen atoms in total. The van der Waals surface area contributed by atoms with Crippen LogP contribution < -0.4 is 15.1 Å². The summed E-state index contributed by atoms with van der Waals surface area (Å²) >= 11 is 0. The average Bonchev–Trinajstić information content (AvgIpc) is 3.45. The SMILES string of the molecule is c1ccc(-n2nccc2-c2ccc(Nc3nc(N4CCOCC4)nc(N4CCOCC4)n3)cc2)cc1. The Labute approximate surface area is 209 Å². The first-order valence-electron chi connectivity index (χ1n) is 12.2. The van der Waals surface area contributed by atoms with Gasteiger partial charge in [0.2, 0.25) is 17.8 Å². The second-order valence-corrected chi connectivity index (χ2v) is 8.62. The van der Waals surface area contributed by atoms with Crippen molar-refractivity contribution in [3.63, 3.8) is 0 Å². The summed E-state index contributed by atoms with van der Waals surface area (Å²) in [5.74, 6) is 1.86. The van der Waals surface area contributed by atoms with Gasteiger partial charge in [0.05, 0.1) is 44.0 Å². The van der Waals surface area contributed by atoms with Crippen molar-refractivity contribution in [2.75, 3.05) is 67.7 Å². The Kier molecular flexibility index (Phi) is 6.43. The number of para-hydroxylation sites is 1. The van der Waals surface area contributed by atoms with Crippen LogP contribution in [-0.4, -0.2) is 77.3 Å². The van der Waals surface area contributed by atoms with Gasteiger partial charge in [0.15, 0.2) is 0 Å². The van der Waals surface area contributed by atoms with Gasteiger partial charge in [-0.2, -0.15) is 20.1 Å². The van der Waals surface area contributed by atoms with Crippen molar-refractivity contribution in [1.82, 2.24) is 24.7 Å². The quantitative estimate of drug-likeness (QED) is 0.443. The fraction of sp³-hybridized carbons (Fsp3) is 0.308. The van der Waals surface area contributed by atoms with Crippen molar-refractivity contribution < 1.29 is 9.47 Å². The van der Waals surface area contributed by atoms with E-state index in [0.717, 1.165) is 48.8 Å². The topological polar surface area (TPSA) is 93.5 Å². The molecule has 2 aliphatic rings. The Morgan fingerprint density at radius 2 is 1.28 bits per heavy atom. The van der Waals surface area contributed by atoms with Gasteiger partial charge in [-0.15, -0.1) is 0 Å². The molecule has 0 saturated carbocycles. The number of hydrogen-bond donors (Lipinski definition) is 1. The van der Waals surface area contributed by atoms with Crippen LogP contribution in [0.5, 0.6) is 0 Å². The van der Waals surface area contributed by atoms with Gasteiger partial charge < -0.3 is 24.6 Å². The van der Waals surface area contributed by atoms with Crippen molar-refractivity contribution in [1.29, 1.82) is 0 Å². The highest BCUT2D eigenvalue weighted by Crippen LogP contribution is 2.26. The summed E-state index contributed by atoms with van der Waals surface area (Å²) in [6.45, 7) is 5.71. The third kappa shape index (κ3) is 4.86. The molecular weight excluding hydrogens is 456 g/mol. The van der Waals surface area contributed by atoms with Gasteiger partial charge in [0, 0.05) is 37.4 Å². The van der Waals surface area contributed by atoms with Gasteiger partial charge in [0.25, 0.3) is 0 Å². The lowest BCUT2D eigenvalue weighted by molar-refractivity contribution is 0.121. The second-order valence-electron chi connectivity index (χ2n) is 8.62. The van der Waals surface area contributed by atoms with E-state index in [0.29, 0.717) is 44.3 Å². The molecule has 0 aliphatic carbocycles. The predicted octanol–water partition coefficient (Wildman–Crippen LogP) is 3.14. The Bertz CT molecular complexity index is 1250. The van der Waals surface area contributed by atoms with E-state index in [2.05, 4.69) is 32.3 Å². The first kappa shape index (κ1) is 22.4. The van der Waals surface area contributed by atoms with Crippen LogP contribution in [0.4, 0.5) is 23.5 Å². The zero-order chi connectivity index (χ0) is 24.2. The van der Waals surface area contributed by atoms with Gasteiger partial charge in [-0.3, -0.25) is 0 Å². The highest BCUT2D eigenvalue weighted by molar-refractivity contribution is 5.66. The molecule has 0 bridgehead atoms. The van der Waals surface area contributed by atoms with Crippen LogP contribution in [0, 0.1) is 0 Å². The molecule has 184 valence electrons. The molecule has 2 saturated heterocycles. The zero-order valence-corrected chi connectivity index (χ0v) is 20.0. The third-order valence-electron chi connectivity index (χ3n) is 6.28. The van der Waals surface area contributed by atoms with E-state index in [1.165, 1.54) is 0 Å². The first-order valence-corrected chi connectivity index (χ1v) is 12.2. The molecule has 4 aromatic rings. The number of nitrogens with zero attached hydrogens (tertiary/aromatic N) is 7. The minimum atomic E-state index is 0.523. The van der Waals surface area contributed by atoms with Gasteiger partial charge in [-0.25, -0.2) is 4.68 Å². The summed E-state index contributed by atoms with van der Waals surface area (Å²) in [6, 6.07) is 20.4. The lowest BCUT2D eigenvalue weighted by Gasteiger charge is -2.30. The number of aromatic nitrogens is 5. The van der Waals surface area contributed by atoms with E-state index < -0.39 is 0 Å². The molecule has 4 heterocycles. The van der Waals surface area contributed by atoms with Gasteiger partial charge in [0.1, 0.15) is 0 Å². The minimum absolute atomic E-state index is 0.523. The maximum absolute atomic E-state index is 5.51. The highest BCUT2D eigenvalue weighted by Gasteiger charge is 2.21. The normalized spacial score (nSPS) is 16.2. The maximum atomic E-state index is 5.51. The van der Waals surface area contributed by atoms with Gasteiger partial charge in [-0.1, -0.05) is 30.3 Å². The zero-order valence-electron chi connectivity index (χ0n) is 20.0. The van der Waals surface area contributed by atoms with Crippen molar-refractivity contribution in [2.24, 2.45) is 0 Å². The lowest BCUT2D eigenvalue weighted by Crippen LogP contribution is -2.40. The summed E-state index contributed by atoms with van der Waals surface area (Å²) in [6.07, 6.45) is 1.82. The first-order chi connectivity index (χ1) is 17.8. The monoisotopic (exact) mass is 484 g/mol. The van der Waals surface area contributed by atoms with Crippen LogP contribution in [0.3, 0.4) is 0 Å². The fourth-order valence-electron chi connectivity index (χ4n) is 4.37. The molecule has 0 atom stereocenters. The summed E-state index contributed by atoms with van der Waals surface area (Å²) in [7, 11) is 0. The van der Waals surface area contributed by atoms with E-state index >= 15 is 0 Å². The number of morpholine rings is 2. The summed E-state index contributed by atoms with van der Waals surface area (Å²) < 4.78 is 13.0. The van der Waals surface area contributed by atoms with Crippen molar-refractivity contribution in [3.05, 3.63) is 66.9 Å². The number of benzene rings is 2. The third-order valence-corrected chi connectivity index (χ3v) is 6.28. The molecule has 2 aromatic heterocycles. The molecule has 0 unspecified atom stereocenters. The molecule has 0 spiro atoms. The molecule has 2 aromatic carbocycles. The number of anilines is 4. The predicted molar refractivity (Wildman–Crippen MR) is 138 cm³/mol. The molecule has 10 heteroatoms. The Morgan fingerprint density at radius 3 is 1.89 bits per heavy atom. The molecule has 1 N–H and O–H groups in total. The number of ether oxygens (including phenoxy) is 2. The fourth-order valence-corrected chi connectivity index (χ4v) is 4.37. The smallest absolute Gasteiger partial charge is 0.233 e. The van der Waals surface area contributed by atoms with Gasteiger partial charge >= 0.3 is 0 Å². The molecular formula is C26H28N8O2. The van der Waals surface area contributed by atoms with E-state index in [4.69, 9.17) is 24.4 Å². The maximum Gasteiger partial charge on any atom is 0.233 e. The number of rotatable bonds is 6. The molecule has 2 fully saturated rings. The standard InChI is InChI=1S/C26H28N8O2/c1-2-4-22(5-3-1)34-23(10-11-27-34)20-6-8-21(9-7-20)28-24-29-25(32-12-16-35-17-13-32)31-26(30-24)33-14-18-36-19-15-33/h1-11H,12-19H2,(H,28,29,30,31). The van der Waals surface area contributed by atoms with E-state index in [9.17, 15) is 0 Å². The van der Waals surface area contributed by atoms with Crippen molar-refractivity contribution in [2.45, 2.75) is 0 Å². The second kappa shape index (κ2) is 10.3. The van der Waals surface area contributed by atoms with Gasteiger partial charge in [-0.05, 0) is 30.3 Å². The van der Waals surface area contributed by atoms with E-state index in [-0.39, 0.29) is 0 Å². The number of hydrogen-bond acceptors (Lipinski definition) is 9. The summed E-state index contributed by atoms with van der Waals surface area (Å²) in [4.78, 5) is 18.5. The Morgan fingerprint density at radius 1 is 0.667 bits per heavy atom. The van der Waals surface area contributed by atoms with Crippen LogP contribution in [0.2, 0.25) is 0 Å².